The molecule has 1 saturated heterocycles. The lowest BCUT2D eigenvalue weighted by atomic mass is 9.69. The minimum absolute atomic E-state index is 0.0665. The Hall–Kier alpha value is -3.05. The SMILES string of the molecule is COc1cc(N2CCNCC2)ccc1C1c2ccc(O)cc2CCC1c1ccc(F)cc1. The van der Waals surface area contributed by atoms with Crippen molar-refractivity contribution in [2.45, 2.75) is 24.7 Å². The average molecular weight is 433 g/mol. The van der Waals surface area contributed by atoms with Crippen LogP contribution >= 0.6 is 0 Å². The number of piperazine rings is 1. The fourth-order valence-electron chi connectivity index (χ4n) is 5.34. The molecular weight excluding hydrogens is 403 g/mol. The zero-order valence-corrected chi connectivity index (χ0v) is 18.4. The topological polar surface area (TPSA) is 44.7 Å². The lowest BCUT2D eigenvalue weighted by Gasteiger charge is -2.36. The van der Waals surface area contributed by atoms with Crippen LogP contribution in [0.15, 0.2) is 60.7 Å². The third-order valence-electron chi connectivity index (χ3n) is 6.92. The normalized spacial score (nSPS) is 20.6. The predicted molar refractivity (Wildman–Crippen MR) is 125 cm³/mol. The van der Waals surface area contributed by atoms with Crippen LogP contribution in [0.3, 0.4) is 0 Å². The summed E-state index contributed by atoms with van der Waals surface area (Å²) in [5, 5.41) is 13.5. The number of rotatable bonds is 4. The van der Waals surface area contributed by atoms with Crippen molar-refractivity contribution in [3.05, 3.63) is 88.7 Å². The highest BCUT2D eigenvalue weighted by Gasteiger charge is 2.34. The van der Waals surface area contributed by atoms with Crippen LogP contribution in [-0.4, -0.2) is 38.4 Å². The van der Waals surface area contributed by atoms with Gasteiger partial charge in [0, 0.05) is 49.4 Å². The van der Waals surface area contributed by atoms with Gasteiger partial charge in [-0.15, -0.1) is 0 Å². The third-order valence-corrected chi connectivity index (χ3v) is 6.92. The first-order valence-electron chi connectivity index (χ1n) is 11.3. The van der Waals surface area contributed by atoms with Crippen molar-refractivity contribution in [2.75, 3.05) is 38.2 Å². The molecule has 0 aromatic heterocycles. The second kappa shape index (κ2) is 8.83. The van der Waals surface area contributed by atoms with E-state index in [1.807, 2.05) is 24.3 Å². The summed E-state index contributed by atoms with van der Waals surface area (Å²) in [6.07, 6.45) is 1.80. The molecule has 3 aromatic carbocycles. The summed E-state index contributed by atoms with van der Waals surface area (Å²) in [6, 6.07) is 19.1. The molecule has 1 aliphatic heterocycles. The number of hydrogen-bond acceptors (Lipinski definition) is 4. The van der Waals surface area contributed by atoms with Gasteiger partial charge in [0.2, 0.25) is 0 Å². The molecule has 32 heavy (non-hydrogen) atoms. The molecule has 2 N–H and O–H groups in total. The number of hydrogen-bond donors (Lipinski definition) is 2. The number of aryl methyl sites for hydroxylation is 1. The maximum atomic E-state index is 13.6. The summed E-state index contributed by atoms with van der Waals surface area (Å²) in [5.74, 6) is 1.22. The smallest absolute Gasteiger partial charge is 0.124 e. The molecule has 0 radical (unpaired) electrons. The van der Waals surface area contributed by atoms with Gasteiger partial charge in [-0.25, -0.2) is 4.39 Å². The Labute approximate surface area is 188 Å². The number of aromatic hydroxyl groups is 1. The van der Waals surface area contributed by atoms with Crippen molar-refractivity contribution in [3.8, 4) is 11.5 Å². The molecule has 5 rings (SSSR count). The van der Waals surface area contributed by atoms with Crippen LogP contribution in [0.1, 0.15) is 40.5 Å². The van der Waals surface area contributed by atoms with Crippen LogP contribution in [0.25, 0.3) is 0 Å². The summed E-state index contributed by atoms with van der Waals surface area (Å²) >= 11 is 0. The highest BCUT2D eigenvalue weighted by Crippen LogP contribution is 2.49. The van der Waals surface area contributed by atoms with Gasteiger partial charge in [-0.3, -0.25) is 0 Å². The number of anilines is 1. The molecular formula is C27H29FN2O2. The number of phenolic OH excluding ortho intramolecular Hbond substituents is 1. The number of halogens is 1. The Morgan fingerprint density at radius 3 is 2.47 bits per heavy atom. The van der Waals surface area contributed by atoms with Crippen molar-refractivity contribution in [3.63, 3.8) is 0 Å². The molecule has 4 nitrogen and oxygen atoms in total. The van der Waals surface area contributed by atoms with Crippen LogP contribution in [0.4, 0.5) is 10.1 Å². The van der Waals surface area contributed by atoms with E-state index in [1.54, 1.807) is 25.3 Å². The van der Waals surface area contributed by atoms with Gasteiger partial charge in [0.15, 0.2) is 0 Å². The van der Waals surface area contributed by atoms with E-state index >= 15 is 0 Å². The Bertz CT molecular complexity index is 1090. The van der Waals surface area contributed by atoms with Gasteiger partial charge in [-0.2, -0.15) is 0 Å². The largest absolute Gasteiger partial charge is 0.508 e. The number of fused-ring (bicyclic) bond motifs is 1. The van der Waals surface area contributed by atoms with Crippen LogP contribution < -0.4 is 15.0 Å². The molecule has 2 atom stereocenters. The van der Waals surface area contributed by atoms with E-state index in [9.17, 15) is 9.50 Å². The number of methoxy groups -OCH3 is 1. The second-order valence-electron chi connectivity index (χ2n) is 8.72. The summed E-state index contributed by atoms with van der Waals surface area (Å²) in [4.78, 5) is 2.38. The van der Waals surface area contributed by atoms with Crippen LogP contribution in [0.5, 0.6) is 11.5 Å². The summed E-state index contributed by atoms with van der Waals surface area (Å²) < 4.78 is 19.6. The minimum atomic E-state index is -0.218. The van der Waals surface area contributed by atoms with E-state index in [0.29, 0.717) is 5.75 Å². The summed E-state index contributed by atoms with van der Waals surface area (Å²) in [6.45, 7) is 3.92. The minimum Gasteiger partial charge on any atom is -0.508 e. The first kappa shape index (κ1) is 20.8. The highest BCUT2D eigenvalue weighted by molar-refractivity contribution is 5.58. The second-order valence-corrected chi connectivity index (χ2v) is 8.72. The molecule has 2 aliphatic rings. The van der Waals surface area contributed by atoms with Crippen molar-refractivity contribution < 1.29 is 14.2 Å². The van der Waals surface area contributed by atoms with Gasteiger partial charge in [-0.1, -0.05) is 24.3 Å². The van der Waals surface area contributed by atoms with Gasteiger partial charge in [0.25, 0.3) is 0 Å². The lowest BCUT2D eigenvalue weighted by Crippen LogP contribution is -2.43. The molecule has 166 valence electrons. The van der Waals surface area contributed by atoms with Crippen molar-refractivity contribution in [1.82, 2.24) is 5.32 Å². The van der Waals surface area contributed by atoms with E-state index in [1.165, 1.54) is 16.8 Å². The van der Waals surface area contributed by atoms with E-state index in [0.717, 1.165) is 55.9 Å². The molecule has 0 amide bonds. The molecule has 0 bridgehead atoms. The molecule has 1 aliphatic carbocycles. The summed E-state index contributed by atoms with van der Waals surface area (Å²) in [5.41, 5.74) is 5.81. The molecule has 1 heterocycles. The van der Waals surface area contributed by atoms with Gasteiger partial charge in [0.05, 0.1) is 7.11 Å². The Morgan fingerprint density at radius 1 is 0.969 bits per heavy atom. The molecule has 0 saturated carbocycles. The first-order chi connectivity index (χ1) is 15.6. The fourth-order valence-corrected chi connectivity index (χ4v) is 5.34. The standard InChI is InChI=1S/C27H29FN2O2/c1-32-26-17-21(30-14-12-29-13-15-30)7-10-25(26)27-23(18-2-5-20(28)6-3-18)9-4-19-16-22(31)8-11-24(19)27/h2-3,5-8,10-11,16-17,23,27,29,31H,4,9,12-15H2,1H3. The lowest BCUT2D eigenvalue weighted by molar-refractivity contribution is 0.400. The first-order valence-corrected chi connectivity index (χ1v) is 11.3. The summed E-state index contributed by atoms with van der Waals surface area (Å²) in [7, 11) is 1.73. The maximum Gasteiger partial charge on any atom is 0.124 e. The van der Waals surface area contributed by atoms with Crippen LogP contribution in [-0.2, 0) is 6.42 Å². The third kappa shape index (κ3) is 3.93. The number of nitrogens with zero attached hydrogens (tertiary/aromatic N) is 1. The zero-order chi connectivity index (χ0) is 22.1. The monoisotopic (exact) mass is 432 g/mol. The van der Waals surface area contributed by atoms with Crippen molar-refractivity contribution in [2.24, 2.45) is 0 Å². The Morgan fingerprint density at radius 2 is 1.72 bits per heavy atom. The predicted octanol–water partition coefficient (Wildman–Crippen LogP) is 4.81. The molecule has 3 aromatic rings. The fraction of sp³-hybridized carbons (Fsp3) is 0.333. The van der Waals surface area contributed by atoms with Gasteiger partial charge in [0.1, 0.15) is 17.3 Å². The Kier molecular flexibility index (Phi) is 5.75. The average Bonchev–Trinajstić information content (AvgIpc) is 2.84. The zero-order valence-electron chi connectivity index (χ0n) is 18.4. The van der Waals surface area contributed by atoms with Gasteiger partial charge in [-0.05, 0) is 65.8 Å². The maximum absolute atomic E-state index is 13.6. The van der Waals surface area contributed by atoms with Gasteiger partial charge < -0.3 is 20.1 Å². The van der Waals surface area contributed by atoms with Crippen LogP contribution in [0.2, 0.25) is 0 Å². The molecule has 1 fully saturated rings. The molecule has 2 unspecified atom stereocenters. The van der Waals surface area contributed by atoms with Crippen LogP contribution in [0, 0.1) is 5.82 Å². The molecule has 5 heteroatoms. The number of benzene rings is 3. The van der Waals surface area contributed by atoms with E-state index < -0.39 is 0 Å². The van der Waals surface area contributed by atoms with Crippen molar-refractivity contribution in [1.29, 1.82) is 0 Å². The van der Waals surface area contributed by atoms with E-state index in [2.05, 4.69) is 28.4 Å². The highest BCUT2D eigenvalue weighted by atomic mass is 19.1. The van der Waals surface area contributed by atoms with E-state index in [4.69, 9.17) is 4.74 Å². The molecule has 0 spiro atoms. The van der Waals surface area contributed by atoms with E-state index in [-0.39, 0.29) is 17.7 Å². The Balaban J connectivity index is 1.60. The number of ether oxygens (including phenoxy) is 1. The van der Waals surface area contributed by atoms with Crippen molar-refractivity contribution >= 4 is 5.69 Å². The quantitative estimate of drug-likeness (QED) is 0.621. The van der Waals surface area contributed by atoms with Gasteiger partial charge >= 0.3 is 0 Å². The number of nitrogens with one attached hydrogen (secondary N) is 1. The number of phenols is 1.